The summed E-state index contributed by atoms with van der Waals surface area (Å²) in [5, 5.41) is 0. The molecule has 0 spiro atoms. The van der Waals surface area contributed by atoms with Crippen LogP contribution in [0.2, 0.25) is 0 Å². The lowest BCUT2D eigenvalue weighted by molar-refractivity contribution is 0.0788. The van der Waals surface area contributed by atoms with E-state index >= 15 is 0 Å². The van der Waals surface area contributed by atoms with Gasteiger partial charge in [0.05, 0.1) is 14.2 Å². The van der Waals surface area contributed by atoms with Gasteiger partial charge in [0.2, 0.25) is 0 Å². The quantitative estimate of drug-likeness (QED) is 0.798. The molecule has 3 rings (SSSR count). The number of nitrogens with two attached hydrogens (primary N) is 1. The molecule has 5 heteroatoms. The Bertz CT molecular complexity index is 820. The monoisotopic (exact) mass is 366 g/mol. The van der Waals surface area contributed by atoms with Crippen molar-refractivity contribution in [3.05, 3.63) is 71.8 Å². The minimum absolute atomic E-state index is 0.0462. The van der Waals surface area contributed by atoms with Crippen molar-refractivity contribution in [3.8, 4) is 11.5 Å². The van der Waals surface area contributed by atoms with E-state index in [0.717, 1.165) is 5.56 Å². The van der Waals surface area contributed by atoms with Crippen molar-refractivity contribution in [1.29, 1.82) is 0 Å². The van der Waals surface area contributed by atoms with Crippen LogP contribution >= 0.6 is 0 Å². The van der Waals surface area contributed by atoms with Crippen molar-refractivity contribution < 1.29 is 14.3 Å². The van der Waals surface area contributed by atoms with Crippen LogP contribution in [0.3, 0.4) is 0 Å². The first-order valence-electron chi connectivity index (χ1n) is 9.04. The Labute approximate surface area is 160 Å². The van der Waals surface area contributed by atoms with E-state index in [1.807, 2.05) is 29.2 Å². The number of ether oxygens (including phenoxy) is 2. The number of benzene rings is 2. The van der Waals surface area contributed by atoms with Crippen LogP contribution < -0.4 is 15.2 Å². The van der Waals surface area contributed by atoms with E-state index in [2.05, 4.69) is 18.7 Å². The number of hydrogen-bond donors (Lipinski definition) is 1. The average Bonchev–Trinajstić information content (AvgIpc) is 3.09. The first-order chi connectivity index (χ1) is 13.1. The van der Waals surface area contributed by atoms with Crippen molar-refractivity contribution in [2.45, 2.75) is 18.4 Å². The number of nitrogens with zero attached hydrogens (tertiary/aromatic N) is 1. The van der Waals surface area contributed by atoms with Crippen LogP contribution in [0.1, 0.15) is 27.4 Å². The highest BCUT2D eigenvalue weighted by molar-refractivity contribution is 5.95. The summed E-state index contributed by atoms with van der Waals surface area (Å²) in [5.41, 5.74) is 8.96. The van der Waals surface area contributed by atoms with Crippen molar-refractivity contribution in [2.75, 3.05) is 27.3 Å². The fourth-order valence-electron chi connectivity index (χ4n) is 3.70. The molecule has 2 aromatic rings. The van der Waals surface area contributed by atoms with E-state index in [-0.39, 0.29) is 17.9 Å². The Balaban J connectivity index is 1.87. The molecule has 0 bridgehead atoms. The number of rotatable bonds is 6. The molecule has 1 aliphatic rings. The fraction of sp³-hybridized carbons (Fsp3) is 0.318. The first kappa shape index (κ1) is 19.0. The molecule has 1 fully saturated rings. The molecule has 2 aromatic carbocycles. The van der Waals surface area contributed by atoms with Gasteiger partial charge in [-0.25, -0.2) is 0 Å². The molecule has 1 heterocycles. The predicted molar refractivity (Wildman–Crippen MR) is 107 cm³/mol. The highest BCUT2D eigenvalue weighted by Gasteiger charge is 2.34. The topological polar surface area (TPSA) is 64.8 Å². The summed E-state index contributed by atoms with van der Waals surface area (Å²) in [4.78, 5) is 15.0. The van der Waals surface area contributed by atoms with Crippen LogP contribution in [0.25, 0.3) is 0 Å². The Hall–Kier alpha value is -2.79. The lowest BCUT2D eigenvalue weighted by Gasteiger charge is -2.19. The number of carbonyl (C=O) groups is 1. The van der Waals surface area contributed by atoms with E-state index in [0.29, 0.717) is 36.6 Å². The van der Waals surface area contributed by atoms with Gasteiger partial charge in [-0.2, -0.15) is 0 Å². The summed E-state index contributed by atoms with van der Waals surface area (Å²) >= 11 is 0. The minimum Gasteiger partial charge on any atom is -0.493 e. The number of methoxy groups -OCH3 is 2. The normalized spacial score (nSPS) is 19.0. The van der Waals surface area contributed by atoms with Gasteiger partial charge in [-0.3, -0.25) is 4.79 Å². The molecule has 0 unspecified atom stereocenters. The molecular formula is C22H26N2O3. The molecule has 0 aromatic heterocycles. The molecule has 0 aliphatic carbocycles. The minimum atomic E-state index is -0.0795. The van der Waals surface area contributed by atoms with Gasteiger partial charge in [-0.05, 0) is 24.1 Å². The Kier molecular flexibility index (Phi) is 5.81. The zero-order valence-electron chi connectivity index (χ0n) is 15.9. The number of carbonyl (C=O) groups excluding carboxylic acids is 1. The lowest BCUT2D eigenvalue weighted by Crippen LogP contribution is -2.32. The standard InChI is InChI=1S/C22H26N2O3/c1-4-8-16-11-17(12-20(26-2)21(16)27-3)22(25)24-13-18(19(23)14-24)15-9-6-5-7-10-15/h4-7,9-12,18-19H,1,8,13-14,23H2,2-3H3/t18-,19+/m0/s1. The highest BCUT2D eigenvalue weighted by atomic mass is 16.5. The van der Waals surface area contributed by atoms with Crippen LogP contribution in [0.4, 0.5) is 0 Å². The molecule has 2 N–H and O–H groups in total. The Morgan fingerprint density at radius 1 is 1.22 bits per heavy atom. The summed E-state index contributed by atoms with van der Waals surface area (Å²) in [6.07, 6.45) is 2.37. The van der Waals surface area contributed by atoms with Gasteiger partial charge in [0.1, 0.15) is 0 Å². The Morgan fingerprint density at radius 3 is 2.59 bits per heavy atom. The fourth-order valence-corrected chi connectivity index (χ4v) is 3.70. The van der Waals surface area contributed by atoms with Crippen LogP contribution in [0.5, 0.6) is 11.5 Å². The van der Waals surface area contributed by atoms with E-state index in [1.165, 1.54) is 5.56 Å². The third-order valence-corrected chi connectivity index (χ3v) is 5.05. The zero-order chi connectivity index (χ0) is 19.4. The summed E-state index contributed by atoms with van der Waals surface area (Å²) in [6, 6.07) is 13.6. The SMILES string of the molecule is C=CCc1cc(C(=O)N2C[C@@H](N)[C@H](c3ccccc3)C2)cc(OC)c1OC. The molecule has 1 aliphatic heterocycles. The lowest BCUT2D eigenvalue weighted by atomic mass is 9.95. The summed E-state index contributed by atoms with van der Waals surface area (Å²) < 4.78 is 10.9. The van der Waals surface area contributed by atoms with Crippen LogP contribution in [0, 0.1) is 0 Å². The molecule has 1 amide bonds. The number of amides is 1. The van der Waals surface area contributed by atoms with Gasteiger partial charge < -0.3 is 20.1 Å². The van der Waals surface area contributed by atoms with E-state index in [4.69, 9.17) is 15.2 Å². The molecule has 1 saturated heterocycles. The van der Waals surface area contributed by atoms with Gasteiger partial charge >= 0.3 is 0 Å². The van der Waals surface area contributed by atoms with E-state index in [1.54, 1.807) is 26.4 Å². The van der Waals surface area contributed by atoms with Gasteiger partial charge in [-0.15, -0.1) is 6.58 Å². The molecule has 2 atom stereocenters. The maximum Gasteiger partial charge on any atom is 0.254 e. The molecule has 27 heavy (non-hydrogen) atoms. The van der Waals surface area contributed by atoms with Gasteiger partial charge in [0.15, 0.2) is 11.5 Å². The first-order valence-corrected chi connectivity index (χ1v) is 9.04. The van der Waals surface area contributed by atoms with Crippen LogP contribution in [0.15, 0.2) is 55.1 Å². The molecular weight excluding hydrogens is 340 g/mol. The van der Waals surface area contributed by atoms with E-state index < -0.39 is 0 Å². The maximum absolute atomic E-state index is 13.1. The molecule has 142 valence electrons. The van der Waals surface area contributed by atoms with Crippen LogP contribution in [-0.2, 0) is 6.42 Å². The molecule has 0 saturated carbocycles. The van der Waals surface area contributed by atoms with Crippen LogP contribution in [-0.4, -0.2) is 44.2 Å². The second-order valence-corrected chi connectivity index (χ2v) is 6.75. The molecule has 5 nitrogen and oxygen atoms in total. The summed E-state index contributed by atoms with van der Waals surface area (Å²) in [7, 11) is 3.16. The summed E-state index contributed by atoms with van der Waals surface area (Å²) in [5.74, 6) is 1.27. The number of hydrogen-bond acceptors (Lipinski definition) is 4. The van der Waals surface area contributed by atoms with Gasteiger partial charge in [0.25, 0.3) is 5.91 Å². The predicted octanol–water partition coefficient (Wildman–Crippen LogP) is 3.00. The average molecular weight is 366 g/mol. The van der Waals surface area contributed by atoms with Crippen molar-refractivity contribution in [1.82, 2.24) is 4.90 Å². The van der Waals surface area contributed by atoms with Crippen molar-refractivity contribution in [3.63, 3.8) is 0 Å². The number of likely N-dealkylation sites (tertiary alicyclic amines) is 1. The van der Waals surface area contributed by atoms with Gasteiger partial charge in [-0.1, -0.05) is 36.4 Å². The smallest absolute Gasteiger partial charge is 0.254 e. The maximum atomic E-state index is 13.1. The second-order valence-electron chi connectivity index (χ2n) is 6.75. The number of allylic oxidation sites excluding steroid dienone is 1. The van der Waals surface area contributed by atoms with E-state index in [9.17, 15) is 4.79 Å². The second kappa shape index (κ2) is 8.27. The third-order valence-electron chi connectivity index (χ3n) is 5.05. The largest absolute Gasteiger partial charge is 0.493 e. The summed E-state index contributed by atoms with van der Waals surface area (Å²) in [6.45, 7) is 4.92. The zero-order valence-corrected chi connectivity index (χ0v) is 15.9. The molecule has 0 radical (unpaired) electrons. The third kappa shape index (κ3) is 3.83. The Morgan fingerprint density at radius 2 is 1.96 bits per heavy atom. The highest BCUT2D eigenvalue weighted by Crippen LogP contribution is 2.34. The van der Waals surface area contributed by atoms with Crippen molar-refractivity contribution >= 4 is 5.91 Å². The van der Waals surface area contributed by atoms with Crippen molar-refractivity contribution in [2.24, 2.45) is 5.73 Å². The van der Waals surface area contributed by atoms with Gasteiger partial charge in [0, 0.05) is 36.2 Å².